The molecule has 0 unspecified atom stereocenters. The summed E-state index contributed by atoms with van der Waals surface area (Å²) in [7, 11) is 0. The van der Waals surface area contributed by atoms with Crippen molar-refractivity contribution in [3.8, 4) is 0 Å². The molecule has 0 saturated carbocycles. The van der Waals surface area contributed by atoms with E-state index in [0.717, 1.165) is 10.0 Å². The van der Waals surface area contributed by atoms with Gasteiger partial charge in [-0.25, -0.2) is 4.39 Å². The highest BCUT2D eigenvalue weighted by Gasteiger charge is 2.24. The summed E-state index contributed by atoms with van der Waals surface area (Å²) in [5.74, 6) is -0.663. The highest BCUT2D eigenvalue weighted by Crippen LogP contribution is 2.21. The molecule has 0 aliphatic carbocycles. The molecule has 1 aliphatic rings. The van der Waals surface area contributed by atoms with Crippen molar-refractivity contribution in [2.24, 2.45) is 0 Å². The van der Waals surface area contributed by atoms with Crippen LogP contribution in [0.15, 0.2) is 46.9 Å². The van der Waals surface area contributed by atoms with Crippen molar-refractivity contribution < 1.29 is 9.18 Å². The molecule has 1 aliphatic heterocycles. The minimum Gasteiger partial charge on any atom is -0.322 e. The number of nitrogens with one attached hydrogen (secondary N) is 2. The summed E-state index contributed by atoms with van der Waals surface area (Å²) in [5, 5.41) is 5.83. The number of carbonyl (C=O) groups is 1. The molecule has 3 rings (SSSR count). The number of fused-ring (bicyclic) bond motifs is 1. The highest BCUT2D eigenvalue weighted by molar-refractivity contribution is 9.10. The summed E-state index contributed by atoms with van der Waals surface area (Å²) in [5.41, 5.74) is 2.55. The number of anilines is 1. The Morgan fingerprint density at radius 1 is 1.24 bits per heavy atom. The van der Waals surface area contributed by atoms with Crippen LogP contribution in [0.3, 0.4) is 0 Å². The van der Waals surface area contributed by atoms with Gasteiger partial charge < -0.3 is 10.6 Å². The molecule has 1 amide bonds. The Balaban J connectivity index is 1.74. The molecule has 0 aromatic heterocycles. The standard InChI is InChI=1S/C16H14BrFN2O/c17-12-5-6-13(18)14(8-12)20-16(21)15-7-10-3-1-2-4-11(10)9-19-15/h1-6,8,15,19H,7,9H2,(H,20,21)/t15-/m1/s1. The number of halogens is 2. The molecule has 0 spiro atoms. The molecule has 2 aromatic carbocycles. The van der Waals surface area contributed by atoms with Gasteiger partial charge in [0.1, 0.15) is 5.82 Å². The van der Waals surface area contributed by atoms with E-state index in [0.29, 0.717) is 13.0 Å². The lowest BCUT2D eigenvalue weighted by atomic mass is 9.95. The maximum Gasteiger partial charge on any atom is 0.241 e. The predicted octanol–water partition coefficient (Wildman–Crippen LogP) is 3.24. The van der Waals surface area contributed by atoms with Crippen LogP contribution in [-0.2, 0) is 17.8 Å². The van der Waals surface area contributed by atoms with Gasteiger partial charge in [0.05, 0.1) is 11.7 Å². The molecule has 21 heavy (non-hydrogen) atoms. The Morgan fingerprint density at radius 3 is 2.81 bits per heavy atom. The van der Waals surface area contributed by atoms with E-state index in [9.17, 15) is 9.18 Å². The molecule has 2 aromatic rings. The van der Waals surface area contributed by atoms with Gasteiger partial charge in [-0.1, -0.05) is 40.2 Å². The summed E-state index contributed by atoms with van der Waals surface area (Å²) in [4.78, 5) is 12.3. The van der Waals surface area contributed by atoms with Crippen LogP contribution in [0.2, 0.25) is 0 Å². The summed E-state index contributed by atoms with van der Waals surface area (Å²) >= 11 is 3.27. The van der Waals surface area contributed by atoms with Crippen molar-refractivity contribution in [1.82, 2.24) is 5.32 Å². The van der Waals surface area contributed by atoms with Gasteiger partial charge in [-0.15, -0.1) is 0 Å². The summed E-state index contributed by atoms with van der Waals surface area (Å²) < 4.78 is 14.4. The molecular weight excluding hydrogens is 335 g/mol. The predicted molar refractivity (Wildman–Crippen MR) is 83.5 cm³/mol. The van der Waals surface area contributed by atoms with Gasteiger partial charge in [-0.05, 0) is 35.7 Å². The van der Waals surface area contributed by atoms with Crippen LogP contribution in [0, 0.1) is 5.82 Å². The largest absolute Gasteiger partial charge is 0.322 e. The van der Waals surface area contributed by atoms with Gasteiger partial charge in [-0.3, -0.25) is 4.79 Å². The molecule has 0 radical (unpaired) electrons. The van der Waals surface area contributed by atoms with Crippen LogP contribution < -0.4 is 10.6 Å². The first-order chi connectivity index (χ1) is 10.1. The third-order valence-electron chi connectivity index (χ3n) is 3.58. The zero-order valence-electron chi connectivity index (χ0n) is 11.2. The van der Waals surface area contributed by atoms with E-state index in [-0.39, 0.29) is 17.6 Å². The van der Waals surface area contributed by atoms with Crippen LogP contribution >= 0.6 is 15.9 Å². The first kappa shape index (κ1) is 14.2. The quantitative estimate of drug-likeness (QED) is 0.874. The third kappa shape index (κ3) is 3.14. The van der Waals surface area contributed by atoms with Crippen molar-refractivity contribution in [3.63, 3.8) is 0 Å². The fourth-order valence-corrected chi connectivity index (χ4v) is 2.81. The number of hydrogen-bond donors (Lipinski definition) is 2. The lowest BCUT2D eigenvalue weighted by Crippen LogP contribution is -2.44. The fraction of sp³-hybridized carbons (Fsp3) is 0.188. The maximum absolute atomic E-state index is 13.7. The first-order valence-electron chi connectivity index (χ1n) is 6.69. The fourth-order valence-electron chi connectivity index (χ4n) is 2.45. The SMILES string of the molecule is O=C(Nc1cc(Br)ccc1F)[C@H]1Cc2ccccc2CN1. The van der Waals surface area contributed by atoms with Crippen LogP contribution in [0.4, 0.5) is 10.1 Å². The Hall–Kier alpha value is -1.72. The minimum atomic E-state index is -0.442. The van der Waals surface area contributed by atoms with Crippen molar-refractivity contribution in [2.45, 2.75) is 19.0 Å². The molecule has 5 heteroatoms. The molecule has 108 valence electrons. The number of benzene rings is 2. The van der Waals surface area contributed by atoms with Crippen LogP contribution in [0.25, 0.3) is 0 Å². The van der Waals surface area contributed by atoms with Gasteiger partial charge in [0.25, 0.3) is 0 Å². The second-order valence-electron chi connectivity index (χ2n) is 5.02. The second-order valence-corrected chi connectivity index (χ2v) is 5.94. The molecular formula is C16H14BrFN2O. The molecule has 0 saturated heterocycles. The van der Waals surface area contributed by atoms with Crippen LogP contribution in [-0.4, -0.2) is 11.9 Å². The molecule has 0 bridgehead atoms. The number of hydrogen-bond acceptors (Lipinski definition) is 2. The summed E-state index contributed by atoms with van der Waals surface area (Å²) in [6, 6.07) is 12.2. The highest BCUT2D eigenvalue weighted by atomic mass is 79.9. The first-order valence-corrected chi connectivity index (χ1v) is 7.49. The minimum absolute atomic E-state index is 0.190. The zero-order chi connectivity index (χ0) is 14.8. The Labute approximate surface area is 130 Å². The number of amides is 1. The maximum atomic E-state index is 13.7. The lowest BCUT2D eigenvalue weighted by molar-refractivity contribution is -0.118. The van der Waals surface area contributed by atoms with Crippen molar-refractivity contribution in [2.75, 3.05) is 5.32 Å². The molecule has 0 fully saturated rings. The van der Waals surface area contributed by atoms with Gasteiger partial charge >= 0.3 is 0 Å². The van der Waals surface area contributed by atoms with Gasteiger partial charge in [0.2, 0.25) is 5.91 Å². The second kappa shape index (κ2) is 5.95. The van der Waals surface area contributed by atoms with E-state index < -0.39 is 5.82 Å². The topological polar surface area (TPSA) is 41.1 Å². The van der Waals surface area contributed by atoms with E-state index >= 15 is 0 Å². The molecule has 3 nitrogen and oxygen atoms in total. The average molecular weight is 349 g/mol. The Morgan fingerprint density at radius 2 is 2.00 bits per heavy atom. The average Bonchev–Trinajstić information content (AvgIpc) is 2.50. The molecule has 1 atom stereocenters. The molecule has 2 N–H and O–H groups in total. The lowest BCUT2D eigenvalue weighted by Gasteiger charge is -2.25. The van der Waals surface area contributed by atoms with Crippen molar-refractivity contribution in [3.05, 3.63) is 63.9 Å². The zero-order valence-corrected chi connectivity index (χ0v) is 12.8. The Bertz CT molecular complexity index is 690. The molecule has 1 heterocycles. The van der Waals surface area contributed by atoms with Gasteiger partial charge in [0, 0.05) is 11.0 Å². The van der Waals surface area contributed by atoms with Gasteiger partial charge in [-0.2, -0.15) is 0 Å². The number of carbonyl (C=O) groups excluding carboxylic acids is 1. The van der Waals surface area contributed by atoms with E-state index in [1.165, 1.54) is 11.6 Å². The van der Waals surface area contributed by atoms with Crippen molar-refractivity contribution in [1.29, 1.82) is 0 Å². The van der Waals surface area contributed by atoms with Crippen LogP contribution in [0.5, 0.6) is 0 Å². The van der Waals surface area contributed by atoms with E-state index in [1.807, 2.05) is 24.3 Å². The Kier molecular flexibility index (Phi) is 4.03. The van der Waals surface area contributed by atoms with E-state index in [1.54, 1.807) is 12.1 Å². The number of rotatable bonds is 2. The normalized spacial score (nSPS) is 17.1. The van der Waals surface area contributed by atoms with E-state index in [2.05, 4.69) is 26.6 Å². The monoisotopic (exact) mass is 348 g/mol. The summed E-state index contributed by atoms with van der Waals surface area (Å²) in [6.07, 6.45) is 0.609. The van der Waals surface area contributed by atoms with Crippen LogP contribution in [0.1, 0.15) is 11.1 Å². The van der Waals surface area contributed by atoms with Crippen molar-refractivity contribution >= 4 is 27.5 Å². The third-order valence-corrected chi connectivity index (χ3v) is 4.08. The smallest absolute Gasteiger partial charge is 0.241 e. The summed E-state index contributed by atoms with van der Waals surface area (Å²) in [6.45, 7) is 0.648. The van der Waals surface area contributed by atoms with Gasteiger partial charge in [0.15, 0.2) is 0 Å². The van der Waals surface area contributed by atoms with E-state index in [4.69, 9.17) is 0 Å².